The molecule has 0 bridgehead atoms. The average Bonchev–Trinajstić information content (AvgIpc) is 2.60. The van der Waals surface area contributed by atoms with Crippen molar-refractivity contribution < 1.29 is 22.7 Å². The SMILES string of the molecule is CC[C@@H]1CN(C)CC[C@H]1NC(=O)C(C)(C)COc1ncccc1C(F)(F)F. The van der Waals surface area contributed by atoms with Gasteiger partial charge in [-0.25, -0.2) is 4.98 Å². The Balaban J connectivity index is 2.01. The van der Waals surface area contributed by atoms with Crippen LogP contribution >= 0.6 is 0 Å². The van der Waals surface area contributed by atoms with Crippen LogP contribution in [0.5, 0.6) is 5.88 Å². The van der Waals surface area contributed by atoms with Crippen LogP contribution in [-0.4, -0.2) is 48.6 Å². The molecule has 8 heteroatoms. The molecule has 1 fully saturated rings. The standard InChI is InChI=1S/C19H28F3N3O2/c1-5-13-11-25(4)10-8-15(13)24-17(26)18(2,3)12-27-16-14(19(20,21)22)7-6-9-23-16/h6-7,9,13,15H,5,8,10-12H2,1-4H3,(H,24,26)/t13-,15-/m1/s1. The van der Waals surface area contributed by atoms with Gasteiger partial charge in [-0.3, -0.25) is 4.79 Å². The van der Waals surface area contributed by atoms with Crippen LogP contribution in [0.25, 0.3) is 0 Å². The maximum Gasteiger partial charge on any atom is 0.421 e. The minimum absolute atomic E-state index is 0.0681. The highest BCUT2D eigenvalue weighted by atomic mass is 19.4. The topological polar surface area (TPSA) is 54.5 Å². The number of hydrogen-bond donors (Lipinski definition) is 1. The number of hydrogen-bond acceptors (Lipinski definition) is 4. The first-order valence-electron chi connectivity index (χ1n) is 9.19. The molecule has 2 atom stereocenters. The van der Waals surface area contributed by atoms with E-state index in [-0.39, 0.29) is 18.6 Å². The third kappa shape index (κ3) is 5.57. The van der Waals surface area contributed by atoms with Gasteiger partial charge in [-0.1, -0.05) is 13.3 Å². The Labute approximate surface area is 158 Å². The molecule has 5 nitrogen and oxygen atoms in total. The second-order valence-electron chi connectivity index (χ2n) is 7.83. The number of carbonyl (C=O) groups is 1. The fourth-order valence-corrected chi connectivity index (χ4v) is 3.22. The van der Waals surface area contributed by atoms with Gasteiger partial charge in [0.2, 0.25) is 11.8 Å². The lowest BCUT2D eigenvalue weighted by molar-refractivity contribution is -0.139. The third-order valence-electron chi connectivity index (χ3n) is 5.04. The predicted molar refractivity (Wildman–Crippen MR) is 96.3 cm³/mol. The number of nitrogens with zero attached hydrogens (tertiary/aromatic N) is 2. The van der Waals surface area contributed by atoms with Gasteiger partial charge in [0.25, 0.3) is 0 Å². The van der Waals surface area contributed by atoms with Crippen LogP contribution < -0.4 is 10.1 Å². The van der Waals surface area contributed by atoms with Crippen molar-refractivity contribution in [3.8, 4) is 5.88 Å². The van der Waals surface area contributed by atoms with Crippen molar-refractivity contribution in [3.63, 3.8) is 0 Å². The number of nitrogens with one attached hydrogen (secondary N) is 1. The molecule has 0 unspecified atom stereocenters. The molecule has 1 aromatic heterocycles. The molecule has 1 saturated heterocycles. The summed E-state index contributed by atoms with van der Waals surface area (Å²) in [5, 5.41) is 3.07. The van der Waals surface area contributed by atoms with Crippen LogP contribution in [0, 0.1) is 11.3 Å². The van der Waals surface area contributed by atoms with Crippen molar-refractivity contribution in [2.24, 2.45) is 11.3 Å². The number of likely N-dealkylation sites (tertiary alicyclic amines) is 1. The summed E-state index contributed by atoms with van der Waals surface area (Å²) in [5.41, 5.74) is -1.93. The molecule has 1 aliphatic rings. The van der Waals surface area contributed by atoms with Crippen LogP contribution in [0.4, 0.5) is 13.2 Å². The first-order chi connectivity index (χ1) is 12.5. The normalized spacial score (nSPS) is 21.7. The Morgan fingerprint density at radius 3 is 2.74 bits per heavy atom. The van der Waals surface area contributed by atoms with E-state index in [4.69, 9.17) is 4.74 Å². The molecule has 0 saturated carbocycles. The molecule has 27 heavy (non-hydrogen) atoms. The predicted octanol–water partition coefficient (Wildman–Crippen LogP) is 3.35. The molecular formula is C19H28F3N3O2. The molecule has 1 amide bonds. The zero-order chi connectivity index (χ0) is 20.2. The van der Waals surface area contributed by atoms with Gasteiger partial charge in [-0.2, -0.15) is 13.2 Å². The number of rotatable bonds is 6. The van der Waals surface area contributed by atoms with Crippen molar-refractivity contribution in [3.05, 3.63) is 23.9 Å². The summed E-state index contributed by atoms with van der Waals surface area (Å²) in [6, 6.07) is 2.19. The second-order valence-corrected chi connectivity index (χ2v) is 7.83. The molecule has 0 spiro atoms. The summed E-state index contributed by atoms with van der Waals surface area (Å²) in [6.07, 6.45) is -1.51. The summed E-state index contributed by atoms with van der Waals surface area (Å²) >= 11 is 0. The quantitative estimate of drug-likeness (QED) is 0.813. The van der Waals surface area contributed by atoms with Crippen molar-refractivity contribution in [2.75, 3.05) is 26.7 Å². The van der Waals surface area contributed by atoms with Gasteiger partial charge in [0, 0.05) is 18.8 Å². The minimum atomic E-state index is -4.56. The van der Waals surface area contributed by atoms with E-state index in [0.29, 0.717) is 5.92 Å². The first-order valence-corrected chi connectivity index (χ1v) is 9.19. The summed E-state index contributed by atoms with van der Waals surface area (Å²) in [6.45, 7) is 7.05. The van der Waals surface area contributed by atoms with E-state index in [0.717, 1.165) is 32.0 Å². The zero-order valence-electron chi connectivity index (χ0n) is 16.3. The molecule has 0 radical (unpaired) electrons. The van der Waals surface area contributed by atoms with Crippen molar-refractivity contribution in [1.82, 2.24) is 15.2 Å². The van der Waals surface area contributed by atoms with Crippen molar-refractivity contribution in [2.45, 2.75) is 45.8 Å². The van der Waals surface area contributed by atoms with Crippen LogP contribution in [0.15, 0.2) is 18.3 Å². The lowest BCUT2D eigenvalue weighted by Crippen LogP contribution is -2.53. The molecule has 2 heterocycles. The Kier molecular flexibility index (Phi) is 6.72. The Bertz CT molecular complexity index is 649. The molecule has 2 rings (SSSR count). The number of halogens is 3. The number of alkyl halides is 3. The monoisotopic (exact) mass is 387 g/mol. The Hall–Kier alpha value is -1.83. The molecular weight excluding hydrogens is 359 g/mol. The lowest BCUT2D eigenvalue weighted by Gasteiger charge is -2.38. The van der Waals surface area contributed by atoms with E-state index in [1.807, 2.05) is 0 Å². The Morgan fingerprint density at radius 1 is 1.41 bits per heavy atom. The molecule has 1 N–H and O–H groups in total. The smallest absolute Gasteiger partial charge is 0.421 e. The summed E-state index contributed by atoms with van der Waals surface area (Å²) in [5.74, 6) is -0.367. The summed E-state index contributed by atoms with van der Waals surface area (Å²) in [7, 11) is 2.06. The lowest BCUT2D eigenvalue weighted by atomic mass is 9.87. The van der Waals surface area contributed by atoms with E-state index < -0.39 is 23.0 Å². The molecule has 152 valence electrons. The van der Waals surface area contributed by atoms with E-state index >= 15 is 0 Å². The number of amides is 1. The Morgan fingerprint density at radius 2 is 2.11 bits per heavy atom. The number of carbonyl (C=O) groups excluding carboxylic acids is 1. The van der Waals surface area contributed by atoms with Gasteiger partial charge >= 0.3 is 6.18 Å². The van der Waals surface area contributed by atoms with Gasteiger partial charge < -0.3 is 15.0 Å². The molecule has 0 aromatic carbocycles. The highest BCUT2D eigenvalue weighted by molar-refractivity contribution is 5.82. The maximum absolute atomic E-state index is 13.0. The summed E-state index contributed by atoms with van der Waals surface area (Å²) < 4.78 is 44.4. The number of piperidine rings is 1. The van der Waals surface area contributed by atoms with Crippen molar-refractivity contribution in [1.29, 1.82) is 0 Å². The van der Waals surface area contributed by atoms with E-state index in [2.05, 4.69) is 29.2 Å². The second kappa shape index (κ2) is 8.46. The third-order valence-corrected chi connectivity index (χ3v) is 5.04. The minimum Gasteiger partial charge on any atom is -0.476 e. The maximum atomic E-state index is 13.0. The van der Waals surface area contributed by atoms with E-state index in [9.17, 15) is 18.0 Å². The van der Waals surface area contributed by atoms with Gasteiger partial charge in [0.15, 0.2) is 0 Å². The van der Waals surface area contributed by atoms with Gasteiger partial charge in [-0.05, 0) is 51.9 Å². The van der Waals surface area contributed by atoms with E-state index in [1.54, 1.807) is 13.8 Å². The molecule has 1 aromatic rings. The van der Waals surface area contributed by atoms with Crippen LogP contribution in [-0.2, 0) is 11.0 Å². The van der Waals surface area contributed by atoms with Gasteiger partial charge in [0.1, 0.15) is 12.2 Å². The highest BCUT2D eigenvalue weighted by Crippen LogP contribution is 2.35. The zero-order valence-corrected chi connectivity index (χ0v) is 16.3. The fourth-order valence-electron chi connectivity index (χ4n) is 3.22. The van der Waals surface area contributed by atoms with Crippen molar-refractivity contribution >= 4 is 5.91 Å². The largest absolute Gasteiger partial charge is 0.476 e. The average molecular weight is 387 g/mol. The molecule has 0 aliphatic carbocycles. The van der Waals surface area contributed by atoms with Gasteiger partial charge in [0.05, 0.1) is 5.41 Å². The van der Waals surface area contributed by atoms with E-state index in [1.165, 1.54) is 12.3 Å². The van der Waals surface area contributed by atoms with Crippen LogP contribution in [0.2, 0.25) is 0 Å². The number of ether oxygens (including phenoxy) is 1. The van der Waals surface area contributed by atoms with Crippen LogP contribution in [0.1, 0.15) is 39.2 Å². The number of pyridine rings is 1. The number of aromatic nitrogens is 1. The molecule has 1 aliphatic heterocycles. The summed E-state index contributed by atoms with van der Waals surface area (Å²) in [4.78, 5) is 18.7. The van der Waals surface area contributed by atoms with Crippen LogP contribution in [0.3, 0.4) is 0 Å². The first kappa shape index (κ1) is 21.5. The highest BCUT2D eigenvalue weighted by Gasteiger charge is 2.37. The van der Waals surface area contributed by atoms with Gasteiger partial charge in [-0.15, -0.1) is 0 Å². The fraction of sp³-hybridized carbons (Fsp3) is 0.684.